The Balaban J connectivity index is 1.50. The number of benzene rings is 1. The van der Waals surface area contributed by atoms with Crippen LogP contribution in [0.1, 0.15) is 65.9 Å². The van der Waals surface area contributed by atoms with E-state index in [0.29, 0.717) is 12.2 Å². The van der Waals surface area contributed by atoms with E-state index in [2.05, 4.69) is 43.0 Å². The Kier molecular flexibility index (Phi) is 7.52. The molecule has 0 aromatic heterocycles. The van der Waals surface area contributed by atoms with Gasteiger partial charge in [0.2, 0.25) is 0 Å². The summed E-state index contributed by atoms with van der Waals surface area (Å²) < 4.78 is 30.1. The maximum Gasteiger partial charge on any atom is 0.155 e. The van der Waals surface area contributed by atoms with E-state index >= 15 is 0 Å². The maximum absolute atomic E-state index is 12.8. The van der Waals surface area contributed by atoms with E-state index in [4.69, 9.17) is 4.74 Å². The van der Waals surface area contributed by atoms with E-state index in [1.807, 2.05) is 0 Å². The van der Waals surface area contributed by atoms with Crippen LogP contribution < -0.4 is 4.90 Å². The van der Waals surface area contributed by atoms with Crippen molar-refractivity contribution in [2.45, 2.75) is 83.7 Å². The lowest BCUT2D eigenvalue weighted by molar-refractivity contribution is -0.123. The van der Waals surface area contributed by atoms with E-state index in [1.165, 1.54) is 5.69 Å². The largest absolute Gasteiger partial charge is 0.372 e. The number of carbonyl (C=O) groups is 1. The lowest BCUT2D eigenvalue weighted by Gasteiger charge is -2.37. The van der Waals surface area contributed by atoms with E-state index in [9.17, 15) is 13.2 Å². The van der Waals surface area contributed by atoms with Gasteiger partial charge in [0.1, 0.15) is 5.78 Å². The molecule has 1 saturated heterocycles. The Morgan fingerprint density at radius 3 is 2.06 bits per heavy atom. The van der Waals surface area contributed by atoms with Gasteiger partial charge in [-0.25, -0.2) is 8.42 Å². The molecule has 174 valence electrons. The fraction of sp³-hybridized carbons (Fsp3) is 0.720. The van der Waals surface area contributed by atoms with Crippen molar-refractivity contribution < 1.29 is 17.9 Å². The second-order valence-corrected chi connectivity index (χ2v) is 13.4. The van der Waals surface area contributed by atoms with Gasteiger partial charge in [-0.3, -0.25) is 4.79 Å². The first-order chi connectivity index (χ1) is 14.4. The van der Waals surface area contributed by atoms with Crippen LogP contribution in [0, 0.1) is 11.8 Å². The van der Waals surface area contributed by atoms with Crippen molar-refractivity contribution in [1.82, 2.24) is 0 Å². The Morgan fingerprint density at radius 2 is 1.55 bits per heavy atom. The zero-order chi connectivity index (χ0) is 22.8. The zero-order valence-electron chi connectivity index (χ0n) is 19.8. The lowest BCUT2D eigenvalue weighted by Crippen LogP contribution is -2.45. The van der Waals surface area contributed by atoms with Crippen molar-refractivity contribution in [3.63, 3.8) is 0 Å². The quantitative estimate of drug-likeness (QED) is 0.643. The van der Waals surface area contributed by atoms with Gasteiger partial charge in [-0.05, 0) is 83.9 Å². The van der Waals surface area contributed by atoms with Crippen LogP contribution in [0.25, 0.3) is 0 Å². The summed E-state index contributed by atoms with van der Waals surface area (Å²) in [4.78, 5) is 15.2. The third-order valence-electron chi connectivity index (χ3n) is 6.79. The molecule has 1 aromatic carbocycles. The topological polar surface area (TPSA) is 63.7 Å². The second-order valence-electron chi connectivity index (χ2n) is 10.6. The van der Waals surface area contributed by atoms with Crippen molar-refractivity contribution in [3.8, 4) is 0 Å². The van der Waals surface area contributed by atoms with E-state index < -0.39 is 14.6 Å². The van der Waals surface area contributed by atoms with E-state index in [1.54, 1.807) is 20.8 Å². The zero-order valence-corrected chi connectivity index (χ0v) is 20.6. The number of nitrogens with zero attached hydrogens (tertiary/aromatic N) is 1. The smallest absolute Gasteiger partial charge is 0.155 e. The van der Waals surface area contributed by atoms with E-state index in [0.717, 1.165) is 44.3 Å². The lowest BCUT2D eigenvalue weighted by atomic mass is 9.79. The molecule has 1 heterocycles. The van der Waals surface area contributed by atoms with Gasteiger partial charge in [0, 0.05) is 31.1 Å². The fourth-order valence-electron chi connectivity index (χ4n) is 4.77. The normalized spacial score (nSPS) is 27.8. The van der Waals surface area contributed by atoms with Crippen molar-refractivity contribution in [2.75, 3.05) is 23.7 Å². The highest BCUT2D eigenvalue weighted by atomic mass is 32.2. The van der Waals surface area contributed by atoms with Gasteiger partial charge in [-0.1, -0.05) is 12.1 Å². The highest BCUT2D eigenvalue weighted by molar-refractivity contribution is 7.92. The number of hydrogen-bond acceptors (Lipinski definition) is 5. The molecule has 1 aromatic rings. The highest BCUT2D eigenvalue weighted by Gasteiger charge is 2.34. The molecule has 2 atom stereocenters. The van der Waals surface area contributed by atoms with Gasteiger partial charge in [-0.15, -0.1) is 0 Å². The third-order valence-corrected chi connectivity index (χ3v) is 9.57. The van der Waals surface area contributed by atoms with Crippen LogP contribution >= 0.6 is 0 Å². The van der Waals surface area contributed by atoms with Crippen molar-refractivity contribution in [2.24, 2.45) is 11.8 Å². The predicted octanol–water partition coefficient (Wildman–Crippen LogP) is 4.43. The summed E-state index contributed by atoms with van der Waals surface area (Å²) in [6.45, 7) is 11.3. The summed E-state index contributed by atoms with van der Waals surface area (Å²) in [7, 11) is -3.10. The fourth-order valence-corrected chi connectivity index (χ4v) is 6.22. The molecule has 1 aliphatic carbocycles. The van der Waals surface area contributed by atoms with Gasteiger partial charge < -0.3 is 9.64 Å². The Labute approximate surface area is 188 Å². The number of rotatable bonds is 6. The van der Waals surface area contributed by atoms with Gasteiger partial charge in [-0.2, -0.15) is 0 Å². The molecule has 2 fully saturated rings. The summed E-state index contributed by atoms with van der Waals surface area (Å²) in [5.41, 5.74) is 2.24. The standard InChI is InChI=1S/C25H39NO4S/c1-18-15-26(16-19(2)30-18)23-12-8-20(9-13-23)14-24(27)22-10-6-21(7-11-22)17-31(28,29)25(3,4)5/h8-9,12-13,18-19,21-22H,6-7,10-11,14-17H2,1-5H3/t18-,19+,21?,22?. The number of ether oxygens (including phenoxy) is 1. The number of anilines is 1. The van der Waals surface area contributed by atoms with Gasteiger partial charge >= 0.3 is 0 Å². The number of Topliss-reactive ketones (excluding diaryl/α,β-unsaturated/α-hetero) is 1. The molecule has 31 heavy (non-hydrogen) atoms. The minimum Gasteiger partial charge on any atom is -0.372 e. The SMILES string of the molecule is C[C@@H]1CN(c2ccc(CC(=O)C3CCC(CS(=O)(=O)C(C)(C)C)CC3)cc2)C[C@H](C)O1. The molecule has 0 spiro atoms. The molecule has 6 heteroatoms. The minimum atomic E-state index is -3.10. The van der Waals surface area contributed by atoms with Crippen LogP contribution in [0.4, 0.5) is 5.69 Å². The highest BCUT2D eigenvalue weighted by Crippen LogP contribution is 2.33. The summed E-state index contributed by atoms with van der Waals surface area (Å²) >= 11 is 0. The van der Waals surface area contributed by atoms with E-state index in [-0.39, 0.29) is 29.8 Å². The van der Waals surface area contributed by atoms with Gasteiger partial charge in [0.15, 0.2) is 9.84 Å². The average Bonchev–Trinajstić information content (AvgIpc) is 2.67. The molecular formula is C25H39NO4S. The Bertz CT molecular complexity index is 839. The molecule has 5 nitrogen and oxygen atoms in total. The summed E-state index contributed by atoms with van der Waals surface area (Å²) in [5.74, 6) is 0.788. The van der Waals surface area contributed by atoms with Gasteiger partial charge in [0.05, 0.1) is 22.7 Å². The number of sulfone groups is 1. The molecule has 0 unspecified atom stereocenters. The van der Waals surface area contributed by atoms with Crippen LogP contribution in [0.2, 0.25) is 0 Å². The Morgan fingerprint density at radius 1 is 1.00 bits per heavy atom. The van der Waals surface area contributed by atoms with Crippen LogP contribution in [-0.4, -0.2) is 50.0 Å². The molecule has 3 rings (SSSR count). The number of morpholine rings is 1. The molecule has 2 aliphatic rings. The first-order valence-electron chi connectivity index (χ1n) is 11.7. The predicted molar refractivity (Wildman–Crippen MR) is 126 cm³/mol. The number of hydrogen-bond donors (Lipinski definition) is 0. The molecule has 1 saturated carbocycles. The Hall–Kier alpha value is -1.40. The minimum absolute atomic E-state index is 0.0641. The van der Waals surface area contributed by atoms with Crippen molar-refractivity contribution in [1.29, 1.82) is 0 Å². The van der Waals surface area contributed by atoms with Crippen LogP contribution in [0.5, 0.6) is 0 Å². The van der Waals surface area contributed by atoms with Crippen LogP contribution in [-0.2, 0) is 25.8 Å². The van der Waals surface area contributed by atoms with Crippen LogP contribution in [0.15, 0.2) is 24.3 Å². The monoisotopic (exact) mass is 449 g/mol. The molecule has 0 N–H and O–H groups in total. The third kappa shape index (κ3) is 6.32. The maximum atomic E-state index is 12.8. The summed E-state index contributed by atoms with van der Waals surface area (Å²) in [6.07, 6.45) is 4.19. The number of carbonyl (C=O) groups excluding carboxylic acids is 1. The molecule has 0 radical (unpaired) electrons. The first kappa shape index (κ1) is 24.2. The number of ketones is 1. The molecule has 0 bridgehead atoms. The summed E-state index contributed by atoms with van der Waals surface area (Å²) in [5, 5.41) is 0. The summed E-state index contributed by atoms with van der Waals surface area (Å²) in [6, 6.07) is 8.36. The second kappa shape index (κ2) is 9.62. The van der Waals surface area contributed by atoms with Gasteiger partial charge in [0.25, 0.3) is 0 Å². The molecular weight excluding hydrogens is 410 g/mol. The molecule has 1 aliphatic heterocycles. The molecule has 0 amide bonds. The van der Waals surface area contributed by atoms with Crippen molar-refractivity contribution in [3.05, 3.63) is 29.8 Å². The first-order valence-corrected chi connectivity index (χ1v) is 13.3. The average molecular weight is 450 g/mol. The van der Waals surface area contributed by atoms with Crippen LogP contribution in [0.3, 0.4) is 0 Å². The van der Waals surface area contributed by atoms with Crippen molar-refractivity contribution >= 4 is 21.3 Å².